The monoisotopic (exact) mass is 475 g/mol. The Kier molecular flexibility index (Phi) is 6.69. The highest BCUT2D eigenvalue weighted by atomic mass is 79.9. The average Bonchev–Trinajstić information content (AvgIpc) is 2.59. The maximum atomic E-state index is 13.7. The van der Waals surface area contributed by atoms with Gasteiger partial charge in [-0.3, -0.25) is 10.1 Å². The van der Waals surface area contributed by atoms with Crippen molar-refractivity contribution >= 4 is 37.7 Å². The predicted molar refractivity (Wildman–Crippen MR) is 100 cm³/mol. The molecule has 1 unspecified atom stereocenters. The van der Waals surface area contributed by atoms with E-state index in [1.165, 1.54) is 24.3 Å². The molecule has 2 aromatic rings. The third-order valence-corrected chi connectivity index (χ3v) is 6.02. The molecular formula is C16H15BrFN3O6S. The van der Waals surface area contributed by atoms with Gasteiger partial charge in [0.15, 0.2) is 4.90 Å². The number of amides is 1. The van der Waals surface area contributed by atoms with E-state index in [0.29, 0.717) is 4.47 Å². The number of sulfonamides is 1. The molecule has 0 aliphatic carbocycles. The van der Waals surface area contributed by atoms with E-state index in [1.54, 1.807) is 0 Å². The van der Waals surface area contributed by atoms with Crippen molar-refractivity contribution in [1.29, 1.82) is 0 Å². The normalized spacial score (nSPS) is 12.6. The summed E-state index contributed by atoms with van der Waals surface area (Å²) < 4.78 is 45.4. The number of nitrogens with zero attached hydrogens (tertiary/aromatic N) is 2. The van der Waals surface area contributed by atoms with Crippen LogP contribution in [0.1, 0.15) is 11.7 Å². The fourth-order valence-corrected chi connectivity index (χ4v) is 4.25. The second-order valence-corrected chi connectivity index (χ2v) is 8.57. The summed E-state index contributed by atoms with van der Waals surface area (Å²) in [4.78, 5) is 21.0. The Balaban J connectivity index is 2.41. The van der Waals surface area contributed by atoms with Crippen LogP contribution in [0.2, 0.25) is 0 Å². The lowest BCUT2D eigenvalue weighted by molar-refractivity contribution is -0.387. The quantitative estimate of drug-likeness (QED) is 0.483. The van der Waals surface area contributed by atoms with Gasteiger partial charge in [0.2, 0.25) is 10.0 Å². The summed E-state index contributed by atoms with van der Waals surface area (Å²) in [6.45, 7) is -0.451. The van der Waals surface area contributed by atoms with E-state index in [4.69, 9.17) is 10.5 Å². The number of nitro groups is 1. The van der Waals surface area contributed by atoms with Crippen LogP contribution in [0.5, 0.6) is 0 Å². The Morgan fingerprint density at radius 2 is 2.00 bits per heavy atom. The van der Waals surface area contributed by atoms with E-state index in [2.05, 4.69) is 15.9 Å². The van der Waals surface area contributed by atoms with Crippen LogP contribution < -0.4 is 5.73 Å². The molecule has 9 nitrogen and oxygen atoms in total. The first kappa shape index (κ1) is 21.7. The zero-order chi connectivity index (χ0) is 21.1. The summed E-state index contributed by atoms with van der Waals surface area (Å²) in [6, 6.07) is 8.48. The Morgan fingerprint density at radius 3 is 2.57 bits per heavy atom. The molecule has 0 aromatic heterocycles. The molecule has 0 spiro atoms. The average molecular weight is 476 g/mol. The number of primary amides is 1. The zero-order valence-corrected chi connectivity index (χ0v) is 16.8. The summed E-state index contributed by atoms with van der Waals surface area (Å²) >= 11 is 3.10. The number of carbonyl (C=O) groups is 1. The van der Waals surface area contributed by atoms with Crippen molar-refractivity contribution < 1.29 is 27.3 Å². The smallest absolute Gasteiger partial charge is 0.405 e. The van der Waals surface area contributed by atoms with Gasteiger partial charge in [-0.15, -0.1) is 0 Å². The lowest BCUT2D eigenvalue weighted by atomic mass is 10.1. The molecule has 0 bridgehead atoms. The molecule has 0 aliphatic rings. The van der Waals surface area contributed by atoms with Gasteiger partial charge in [-0.2, -0.15) is 4.31 Å². The van der Waals surface area contributed by atoms with Crippen LogP contribution in [0, 0.1) is 15.9 Å². The maximum Gasteiger partial charge on any atom is 0.405 e. The lowest BCUT2D eigenvalue weighted by Gasteiger charge is -2.24. The molecule has 0 fully saturated rings. The summed E-state index contributed by atoms with van der Waals surface area (Å²) in [5.74, 6) is -0.647. The molecule has 2 N–H and O–H groups in total. The summed E-state index contributed by atoms with van der Waals surface area (Å²) in [5, 5.41) is 11.1. The number of halogens is 2. The van der Waals surface area contributed by atoms with Gasteiger partial charge in [0.05, 0.1) is 11.5 Å². The van der Waals surface area contributed by atoms with Crippen molar-refractivity contribution in [2.24, 2.45) is 5.73 Å². The largest absolute Gasteiger partial charge is 0.440 e. The van der Waals surface area contributed by atoms with Gasteiger partial charge in [-0.05, 0) is 29.8 Å². The second kappa shape index (κ2) is 8.63. The van der Waals surface area contributed by atoms with Crippen LogP contribution in [0.15, 0.2) is 51.8 Å². The van der Waals surface area contributed by atoms with Crippen molar-refractivity contribution in [3.05, 3.63) is 68.4 Å². The Hall–Kier alpha value is -2.57. The van der Waals surface area contributed by atoms with Gasteiger partial charge < -0.3 is 10.5 Å². The third-order valence-electron chi connectivity index (χ3n) is 3.69. The standard InChI is InChI=1S/C16H15BrFN3O6S/c1-20(28(25,26)15-5-3-2-4-13(15)21(23)24)9-14(27-16(19)22)10-6-11(17)8-12(18)7-10/h2-8,14H,9H2,1H3,(H2,19,22). The fourth-order valence-electron chi connectivity index (χ4n) is 2.44. The number of nitro benzene ring substituents is 1. The maximum absolute atomic E-state index is 13.7. The number of ether oxygens (including phenoxy) is 1. The molecule has 2 aromatic carbocycles. The van der Waals surface area contributed by atoms with E-state index in [-0.39, 0.29) is 5.56 Å². The fraction of sp³-hybridized carbons (Fsp3) is 0.188. The van der Waals surface area contributed by atoms with Gasteiger partial charge in [-0.25, -0.2) is 17.6 Å². The summed E-state index contributed by atoms with van der Waals surface area (Å²) in [6.07, 6.45) is -2.44. The molecule has 0 saturated carbocycles. The van der Waals surface area contributed by atoms with Gasteiger partial charge in [-0.1, -0.05) is 28.1 Å². The number of para-hydroxylation sites is 1. The van der Waals surface area contributed by atoms with E-state index >= 15 is 0 Å². The summed E-state index contributed by atoms with van der Waals surface area (Å²) in [5.41, 5.74) is 4.59. The van der Waals surface area contributed by atoms with Gasteiger partial charge >= 0.3 is 6.09 Å². The molecule has 12 heteroatoms. The predicted octanol–water partition coefficient (Wildman–Crippen LogP) is 2.95. The van der Waals surface area contributed by atoms with Crippen molar-refractivity contribution in [2.75, 3.05) is 13.6 Å². The Bertz CT molecular complexity index is 997. The highest BCUT2D eigenvalue weighted by molar-refractivity contribution is 9.10. The molecular weight excluding hydrogens is 461 g/mol. The number of hydrogen-bond acceptors (Lipinski definition) is 6. The molecule has 0 saturated heterocycles. The molecule has 150 valence electrons. The number of nitrogens with two attached hydrogens (primary N) is 1. The van der Waals surface area contributed by atoms with Crippen LogP contribution in [0.4, 0.5) is 14.9 Å². The Labute approximate surface area is 168 Å². The molecule has 0 radical (unpaired) electrons. The number of benzene rings is 2. The van der Waals surface area contributed by atoms with Crippen molar-refractivity contribution in [3.8, 4) is 0 Å². The number of hydrogen-bond donors (Lipinski definition) is 1. The zero-order valence-electron chi connectivity index (χ0n) is 14.4. The van der Waals surface area contributed by atoms with Crippen LogP contribution >= 0.6 is 15.9 Å². The first-order valence-corrected chi connectivity index (χ1v) is 9.87. The molecule has 0 aliphatic heterocycles. The van der Waals surface area contributed by atoms with Crippen LogP contribution in [0.25, 0.3) is 0 Å². The van der Waals surface area contributed by atoms with E-state index in [0.717, 1.165) is 29.6 Å². The number of likely N-dealkylation sites (N-methyl/N-ethyl adjacent to an activating group) is 1. The van der Waals surface area contributed by atoms with Crippen LogP contribution in [-0.4, -0.2) is 37.3 Å². The van der Waals surface area contributed by atoms with Crippen LogP contribution in [0.3, 0.4) is 0 Å². The third kappa shape index (κ3) is 5.03. The molecule has 0 heterocycles. The summed E-state index contributed by atoms with van der Waals surface area (Å²) in [7, 11) is -3.17. The number of carbonyl (C=O) groups excluding carboxylic acids is 1. The van der Waals surface area contributed by atoms with Gasteiger partial charge in [0.1, 0.15) is 11.9 Å². The van der Waals surface area contributed by atoms with Crippen molar-refractivity contribution in [3.63, 3.8) is 0 Å². The Morgan fingerprint density at radius 1 is 1.36 bits per heavy atom. The minimum atomic E-state index is -4.32. The SMILES string of the molecule is CN(CC(OC(N)=O)c1cc(F)cc(Br)c1)S(=O)(=O)c1ccccc1[N+](=O)[O-]. The topological polar surface area (TPSA) is 133 Å². The van der Waals surface area contributed by atoms with E-state index in [9.17, 15) is 27.7 Å². The first-order chi connectivity index (χ1) is 13.0. The first-order valence-electron chi connectivity index (χ1n) is 7.64. The molecule has 28 heavy (non-hydrogen) atoms. The second-order valence-electron chi connectivity index (χ2n) is 5.64. The van der Waals surface area contributed by atoms with Gasteiger partial charge in [0.25, 0.3) is 5.69 Å². The minimum Gasteiger partial charge on any atom is -0.440 e. The lowest BCUT2D eigenvalue weighted by Crippen LogP contribution is -2.34. The van der Waals surface area contributed by atoms with Gasteiger partial charge in [0, 0.05) is 17.6 Å². The highest BCUT2D eigenvalue weighted by Crippen LogP contribution is 2.29. The van der Waals surface area contributed by atoms with Crippen molar-refractivity contribution in [2.45, 2.75) is 11.0 Å². The van der Waals surface area contributed by atoms with E-state index in [1.807, 2.05) is 0 Å². The molecule has 1 amide bonds. The van der Waals surface area contributed by atoms with Crippen LogP contribution in [-0.2, 0) is 14.8 Å². The highest BCUT2D eigenvalue weighted by Gasteiger charge is 2.32. The number of rotatable bonds is 7. The van der Waals surface area contributed by atoms with E-state index < -0.39 is 50.1 Å². The molecule has 1 atom stereocenters. The minimum absolute atomic E-state index is 0.148. The molecule has 2 rings (SSSR count). The van der Waals surface area contributed by atoms with Crippen molar-refractivity contribution in [1.82, 2.24) is 4.31 Å².